The number of rotatable bonds is 6. The number of hydrogen-bond donors (Lipinski definition) is 2. The van der Waals surface area contributed by atoms with Crippen molar-refractivity contribution in [3.63, 3.8) is 0 Å². The van der Waals surface area contributed by atoms with Crippen LogP contribution in [0.4, 0.5) is 16.2 Å². The van der Waals surface area contributed by atoms with Crippen LogP contribution in [-0.4, -0.2) is 44.7 Å². The number of urea groups is 1. The van der Waals surface area contributed by atoms with E-state index in [0.29, 0.717) is 6.54 Å². The van der Waals surface area contributed by atoms with Crippen molar-refractivity contribution in [2.75, 3.05) is 43.9 Å². The highest BCUT2D eigenvalue weighted by atomic mass is 16.3. The molecule has 1 atom stereocenters. The fraction of sp³-hybridized carbons (Fsp3) is 0.421. The third kappa shape index (κ3) is 4.33. The minimum absolute atomic E-state index is 0.00502. The quantitative estimate of drug-likeness (QED) is 0.845. The van der Waals surface area contributed by atoms with E-state index in [1.165, 1.54) is 12.8 Å². The summed E-state index contributed by atoms with van der Waals surface area (Å²) < 4.78 is 5.47. The fourth-order valence-electron chi connectivity index (χ4n) is 3.19. The summed E-state index contributed by atoms with van der Waals surface area (Å²) in [6.45, 7) is 2.56. The Balaban J connectivity index is 1.61. The first-order chi connectivity index (χ1) is 12.1. The lowest BCUT2D eigenvalue weighted by molar-refractivity contribution is 0.233. The molecule has 0 aliphatic carbocycles. The maximum atomic E-state index is 12.4. The fourth-order valence-corrected chi connectivity index (χ4v) is 3.19. The largest absolute Gasteiger partial charge is 0.468 e. The van der Waals surface area contributed by atoms with Gasteiger partial charge < -0.3 is 20.0 Å². The minimum atomic E-state index is -0.204. The van der Waals surface area contributed by atoms with Gasteiger partial charge in [0.25, 0.3) is 0 Å². The molecule has 1 aromatic heterocycles. The van der Waals surface area contributed by atoms with Crippen molar-refractivity contribution >= 4 is 17.4 Å². The van der Waals surface area contributed by atoms with Crippen LogP contribution < -0.4 is 15.5 Å². The van der Waals surface area contributed by atoms with Gasteiger partial charge in [-0.05, 0) is 51.2 Å². The number of carbonyl (C=O) groups excluding carboxylic acids is 1. The molecule has 1 aliphatic heterocycles. The smallest absolute Gasteiger partial charge is 0.319 e. The van der Waals surface area contributed by atoms with Crippen LogP contribution in [0.5, 0.6) is 0 Å². The molecule has 2 heterocycles. The Labute approximate surface area is 148 Å². The Kier molecular flexibility index (Phi) is 5.60. The van der Waals surface area contributed by atoms with Crippen LogP contribution in [0.3, 0.4) is 0 Å². The Bertz CT molecular complexity index is 678. The molecule has 0 bridgehead atoms. The van der Waals surface area contributed by atoms with Gasteiger partial charge in [-0.2, -0.15) is 0 Å². The number of likely N-dealkylation sites (N-methyl/N-ethyl adjacent to an activating group) is 1. The SMILES string of the molecule is CN(C)[C@@H](CNC(=O)Nc1ccccc1N1CCCC1)c1ccco1. The Morgan fingerprint density at radius 3 is 2.64 bits per heavy atom. The second-order valence-electron chi connectivity index (χ2n) is 6.54. The third-order valence-corrected chi connectivity index (χ3v) is 4.55. The maximum absolute atomic E-state index is 12.4. The predicted molar refractivity (Wildman–Crippen MR) is 100 cm³/mol. The second-order valence-corrected chi connectivity index (χ2v) is 6.54. The number of para-hydroxylation sites is 2. The van der Waals surface area contributed by atoms with Crippen molar-refractivity contribution in [2.24, 2.45) is 0 Å². The van der Waals surface area contributed by atoms with Gasteiger partial charge in [0.1, 0.15) is 5.76 Å². The number of nitrogens with zero attached hydrogens (tertiary/aromatic N) is 2. The molecule has 1 fully saturated rings. The molecular weight excluding hydrogens is 316 g/mol. The van der Waals surface area contributed by atoms with Gasteiger partial charge in [-0.1, -0.05) is 12.1 Å². The highest BCUT2D eigenvalue weighted by Crippen LogP contribution is 2.28. The summed E-state index contributed by atoms with van der Waals surface area (Å²) in [7, 11) is 3.94. The minimum Gasteiger partial charge on any atom is -0.468 e. The zero-order chi connectivity index (χ0) is 17.6. The molecule has 0 unspecified atom stereocenters. The molecule has 1 aromatic carbocycles. The molecule has 25 heavy (non-hydrogen) atoms. The molecule has 1 aliphatic rings. The summed E-state index contributed by atoms with van der Waals surface area (Å²) in [5.74, 6) is 0.836. The van der Waals surface area contributed by atoms with Crippen LogP contribution in [0, 0.1) is 0 Å². The molecule has 6 nitrogen and oxygen atoms in total. The molecule has 6 heteroatoms. The Morgan fingerprint density at radius 1 is 1.20 bits per heavy atom. The van der Waals surface area contributed by atoms with E-state index in [1.807, 2.05) is 49.3 Å². The molecule has 0 spiro atoms. The van der Waals surface area contributed by atoms with E-state index >= 15 is 0 Å². The van der Waals surface area contributed by atoms with Crippen molar-refractivity contribution in [1.82, 2.24) is 10.2 Å². The number of furan rings is 1. The van der Waals surface area contributed by atoms with Crippen molar-refractivity contribution in [3.05, 3.63) is 48.4 Å². The van der Waals surface area contributed by atoms with E-state index in [-0.39, 0.29) is 12.1 Å². The lowest BCUT2D eigenvalue weighted by Crippen LogP contribution is -2.37. The molecule has 2 N–H and O–H groups in total. The number of amides is 2. The van der Waals surface area contributed by atoms with Gasteiger partial charge in [-0.3, -0.25) is 4.90 Å². The molecule has 2 aromatic rings. The zero-order valence-corrected chi connectivity index (χ0v) is 14.9. The normalized spacial score (nSPS) is 15.4. The van der Waals surface area contributed by atoms with E-state index in [9.17, 15) is 4.79 Å². The average molecular weight is 342 g/mol. The van der Waals surface area contributed by atoms with Gasteiger partial charge in [0, 0.05) is 19.6 Å². The van der Waals surface area contributed by atoms with E-state index in [4.69, 9.17) is 4.42 Å². The van der Waals surface area contributed by atoms with Crippen LogP contribution in [-0.2, 0) is 0 Å². The van der Waals surface area contributed by atoms with Crippen LogP contribution in [0.25, 0.3) is 0 Å². The standard InChI is InChI=1S/C19H26N4O2/c1-22(2)17(18-10-7-13-25-18)14-20-19(24)21-15-8-3-4-9-16(15)23-11-5-6-12-23/h3-4,7-10,13,17H,5-6,11-12,14H2,1-2H3,(H2,20,21,24)/t17-/m0/s1. The van der Waals surface area contributed by atoms with Crippen LogP contribution in [0.15, 0.2) is 47.1 Å². The first-order valence-corrected chi connectivity index (χ1v) is 8.74. The summed E-state index contributed by atoms with van der Waals surface area (Å²) in [4.78, 5) is 16.7. The van der Waals surface area contributed by atoms with Crippen molar-refractivity contribution in [3.8, 4) is 0 Å². The van der Waals surface area contributed by atoms with E-state index in [1.54, 1.807) is 6.26 Å². The topological polar surface area (TPSA) is 60.8 Å². The number of anilines is 2. The maximum Gasteiger partial charge on any atom is 0.319 e. The molecule has 1 saturated heterocycles. The number of nitrogens with one attached hydrogen (secondary N) is 2. The zero-order valence-electron chi connectivity index (χ0n) is 14.9. The van der Waals surface area contributed by atoms with Crippen molar-refractivity contribution < 1.29 is 9.21 Å². The summed E-state index contributed by atoms with van der Waals surface area (Å²) in [5, 5.41) is 5.93. The molecular formula is C19H26N4O2. The van der Waals surface area contributed by atoms with Gasteiger partial charge in [0.05, 0.1) is 23.7 Å². The third-order valence-electron chi connectivity index (χ3n) is 4.55. The Hall–Kier alpha value is -2.47. The molecule has 2 amide bonds. The number of carbonyl (C=O) groups is 1. The highest BCUT2D eigenvalue weighted by Gasteiger charge is 2.19. The molecule has 134 valence electrons. The lowest BCUT2D eigenvalue weighted by atomic mass is 10.2. The second kappa shape index (κ2) is 8.07. The van der Waals surface area contributed by atoms with Crippen LogP contribution in [0.1, 0.15) is 24.6 Å². The predicted octanol–water partition coefficient (Wildman–Crippen LogP) is 3.30. The van der Waals surface area contributed by atoms with Gasteiger partial charge in [-0.15, -0.1) is 0 Å². The van der Waals surface area contributed by atoms with Gasteiger partial charge in [-0.25, -0.2) is 4.79 Å². The highest BCUT2D eigenvalue weighted by molar-refractivity contribution is 5.93. The van der Waals surface area contributed by atoms with E-state index < -0.39 is 0 Å². The van der Waals surface area contributed by atoms with E-state index in [2.05, 4.69) is 21.6 Å². The van der Waals surface area contributed by atoms with Gasteiger partial charge in [0.2, 0.25) is 0 Å². The molecule has 0 radical (unpaired) electrons. The summed E-state index contributed by atoms with van der Waals surface area (Å²) in [5.41, 5.74) is 1.94. The monoisotopic (exact) mass is 342 g/mol. The first-order valence-electron chi connectivity index (χ1n) is 8.74. The van der Waals surface area contributed by atoms with E-state index in [0.717, 1.165) is 30.2 Å². The summed E-state index contributed by atoms with van der Waals surface area (Å²) in [6, 6.07) is 11.5. The van der Waals surface area contributed by atoms with Crippen LogP contribution in [0.2, 0.25) is 0 Å². The van der Waals surface area contributed by atoms with Crippen LogP contribution >= 0.6 is 0 Å². The molecule has 0 saturated carbocycles. The first kappa shape index (κ1) is 17.4. The summed E-state index contributed by atoms with van der Waals surface area (Å²) in [6.07, 6.45) is 4.06. The lowest BCUT2D eigenvalue weighted by Gasteiger charge is -2.24. The molecule has 3 rings (SSSR count). The summed E-state index contributed by atoms with van der Waals surface area (Å²) >= 11 is 0. The Morgan fingerprint density at radius 2 is 1.96 bits per heavy atom. The van der Waals surface area contributed by atoms with Gasteiger partial charge in [0.15, 0.2) is 0 Å². The van der Waals surface area contributed by atoms with Gasteiger partial charge >= 0.3 is 6.03 Å². The van der Waals surface area contributed by atoms with Crippen molar-refractivity contribution in [2.45, 2.75) is 18.9 Å². The number of benzene rings is 1. The number of hydrogen-bond acceptors (Lipinski definition) is 4. The average Bonchev–Trinajstić information content (AvgIpc) is 3.29. The van der Waals surface area contributed by atoms with Crippen molar-refractivity contribution in [1.29, 1.82) is 0 Å².